The fraction of sp³-hybridized carbons (Fsp3) is 0.333. The molecule has 0 bridgehead atoms. The first-order chi connectivity index (χ1) is 7.18. The summed E-state index contributed by atoms with van der Waals surface area (Å²) in [6, 6.07) is 3.72. The van der Waals surface area contributed by atoms with Crippen LogP contribution in [0.2, 0.25) is 0 Å². The van der Waals surface area contributed by atoms with Crippen LogP contribution < -0.4 is 0 Å². The van der Waals surface area contributed by atoms with E-state index in [-0.39, 0.29) is 0 Å². The van der Waals surface area contributed by atoms with Crippen molar-refractivity contribution in [3.63, 3.8) is 0 Å². The van der Waals surface area contributed by atoms with Gasteiger partial charge in [-0.1, -0.05) is 0 Å². The molecule has 2 rings (SSSR count). The number of furan rings is 2. The van der Waals surface area contributed by atoms with E-state index in [0.29, 0.717) is 12.2 Å². The minimum absolute atomic E-state index is 0.524. The number of hydrogen-bond acceptors (Lipinski definition) is 3. The molecule has 0 aliphatic rings. The second-order valence-electron chi connectivity index (χ2n) is 3.69. The predicted molar refractivity (Wildman–Crippen MR) is 55.6 cm³/mol. The fourth-order valence-corrected chi connectivity index (χ4v) is 1.65. The van der Waals surface area contributed by atoms with Gasteiger partial charge in [0, 0.05) is 6.42 Å². The zero-order valence-corrected chi connectivity index (χ0v) is 8.86. The summed E-state index contributed by atoms with van der Waals surface area (Å²) in [5, 5.41) is 9.95. The van der Waals surface area contributed by atoms with E-state index in [9.17, 15) is 5.11 Å². The average Bonchev–Trinajstić information content (AvgIpc) is 2.76. The molecule has 0 radical (unpaired) electrons. The molecule has 0 saturated carbocycles. The third-order valence-corrected chi connectivity index (χ3v) is 2.58. The molecule has 15 heavy (non-hydrogen) atoms. The van der Waals surface area contributed by atoms with Gasteiger partial charge in [-0.05, 0) is 37.1 Å². The van der Waals surface area contributed by atoms with Gasteiger partial charge in [-0.25, -0.2) is 0 Å². The number of aliphatic hydroxyl groups is 1. The van der Waals surface area contributed by atoms with E-state index in [2.05, 4.69) is 0 Å². The number of aliphatic hydroxyl groups excluding tert-OH is 1. The monoisotopic (exact) mass is 206 g/mol. The third-order valence-electron chi connectivity index (χ3n) is 2.58. The second-order valence-corrected chi connectivity index (χ2v) is 3.69. The number of aryl methyl sites for hydroxylation is 2. The molecular formula is C12H14O3. The molecule has 2 aromatic rings. The van der Waals surface area contributed by atoms with E-state index in [4.69, 9.17) is 8.83 Å². The van der Waals surface area contributed by atoms with Gasteiger partial charge in [0.2, 0.25) is 0 Å². The van der Waals surface area contributed by atoms with Crippen molar-refractivity contribution in [3.05, 3.63) is 47.3 Å². The van der Waals surface area contributed by atoms with E-state index in [1.54, 1.807) is 12.5 Å². The SMILES string of the molecule is Cc1ccoc1C(O)Cc1ccoc1C. The maximum Gasteiger partial charge on any atom is 0.135 e. The maximum atomic E-state index is 9.95. The highest BCUT2D eigenvalue weighted by Crippen LogP contribution is 2.23. The smallest absolute Gasteiger partial charge is 0.135 e. The predicted octanol–water partition coefficient (Wildman–Crippen LogP) is 2.77. The molecule has 1 N–H and O–H groups in total. The highest BCUT2D eigenvalue weighted by atomic mass is 16.4. The molecular weight excluding hydrogens is 192 g/mol. The standard InChI is InChI=1S/C12H14O3/c1-8-3-5-15-12(8)11(13)7-10-4-6-14-9(10)2/h3-6,11,13H,7H2,1-2H3. The largest absolute Gasteiger partial charge is 0.469 e. The summed E-state index contributed by atoms with van der Waals surface area (Å²) in [7, 11) is 0. The normalized spacial score (nSPS) is 13.0. The fourth-order valence-electron chi connectivity index (χ4n) is 1.65. The Bertz CT molecular complexity index is 439. The van der Waals surface area contributed by atoms with Crippen molar-refractivity contribution >= 4 is 0 Å². The van der Waals surface area contributed by atoms with Crippen molar-refractivity contribution in [1.82, 2.24) is 0 Å². The molecule has 0 spiro atoms. The lowest BCUT2D eigenvalue weighted by molar-refractivity contribution is 0.149. The topological polar surface area (TPSA) is 46.5 Å². The third kappa shape index (κ3) is 1.97. The molecule has 1 atom stereocenters. The molecule has 3 nitrogen and oxygen atoms in total. The molecule has 0 fully saturated rings. The van der Waals surface area contributed by atoms with Gasteiger partial charge in [-0.3, -0.25) is 0 Å². The van der Waals surface area contributed by atoms with E-state index < -0.39 is 6.10 Å². The van der Waals surface area contributed by atoms with Crippen LogP contribution in [0, 0.1) is 13.8 Å². The minimum atomic E-state index is -0.601. The zero-order valence-electron chi connectivity index (χ0n) is 8.86. The lowest BCUT2D eigenvalue weighted by Gasteiger charge is -2.07. The Hall–Kier alpha value is -1.48. The number of rotatable bonds is 3. The van der Waals surface area contributed by atoms with Crippen LogP contribution in [0.3, 0.4) is 0 Å². The Balaban J connectivity index is 2.14. The van der Waals surface area contributed by atoms with Crippen LogP contribution in [0.25, 0.3) is 0 Å². The van der Waals surface area contributed by atoms with E-state index in [1.165, 1.54) is 0 Å². The Morgan fingerprint density at radius 2 is 1.93 bits per heavy atom. The maximum absolute atomic E-state index is 9.95. The molecule has 1 unspecified atom stereocenters. The van der Waals surface area contributed by atoms with E-state index in [1.807, 2.05) is 26.0 Å². The lowest BCUT2D eigenvalue weighted by Crippen LogP contribution is -2.02. The van der Waals surface area contributed by atoms with Crippen molar-refractivity contribution in [1.29, 1.82) is 0 Å². The molecule has 2 heterocycles. The summed E-state index contributed by atoms with van der Waals surface area (Å²) in [5.74, 6) is 1.48. The summed E-state index contributed by atoms with van der Waals surface area (Å²) < 4.78 is 10.4. The van der Waals surface area contributed by atoms with Gasteiger partial charge in [-0.15, -0.1) is 0 Å². The summed E-state index contributed by atoms with van der Waals surface area (Å²) in [4.78, 5) is 0. The van der Waals surface area contributed by atoms with Crippen molar-refractivity contribution in [2.45, 2.75) is 26.4 Å². The minimum Gasteiger partial charge on any atom is -0.469 e. The molecule has 0 amide bonds. The van der Waals surface area contributed by atoms with Gasteiger partial charge in [0.1, 0.15) is 17.6 Å². The highest BCUT2D eigenvalue weighted by molar-refractivity contribution is 5.22. The average molecular weight is 206 g/mol. The van der Waals surface area contributed by atoms with Crippen LogP contribution in [0.4, 0.5) is 0 Å². The first kappa shape index (κ1) is 10.1. The summed E-state index contributed by atoms with van der Waals surface area (Å²) >= 11 is 0. The van der Waals surface area contributed by atoms with Crippen molar-refractivity contribution in [2.24, 2.45) is 0 Å². The second kappa shape index (κ2) is 3.95. The van der Waals surface area contributed by atoms with Gasteiger partial charge in [-0.2, -0.15) is 0 Å². The molecule has 0 saturated heterocycles. The van der Waals surface area contributed by atoms with Crippen LogP contribution in [0.15, 0.2) is 33.5 Å². The lowest BCUT2D eigenvalue weighted by atomic mass is 10.1. The molecule has 3 heteroatoms. The van der Waals surface area contributed by atoms with Crippen LogP contribution in [-0.4, -0.2) is 5.11 Å². The van der Waals surface area contributed by atoms with Gasteiger partial charge in [0.15, 0.2) is 0 Å². The Morgan fingerprint density at radius 3 is 2.47 bits per heavy atom. The van der Waals surface area contributed by atoms with Crippen LogP contribution in [0.5, 0.6) is 0 Å². The van der Waals surface area contributed by atoms with Crippen LogP contribution >= 0.6 is 0 Å². The van der Waals surface area contributed by atoms with Crippen molar-refractivity contribution in [2.75, 3.05) is 0 Å². The summed E-state index contributed by atoms with van der Waals surface area (Å²) in [6.45, 7) is 3.81. The van der Waals surface area contributed by atoms with Crippen LogP contribution in [-0.2, 0) is 6.42 Å². The van der Waals surface area contributed by atoms with E-state index >= 15 is 0 Å². The van der Waals surface area contributed by atoms with Crippen molar-refractivity contribution in [3.8, 4) is 0 Å². The highest BCUT2D eigenvalue weighted by Gasteiger charge is 2.16. The Morgan fingerprint density at radius 1 is 1.20 bits per heavy atom. The number of hydrogen-bond donors (Lipinski definition) is 1. The quantitative estimate of drug-likeness (QED) is 0.839. The molecule has 0 aliphatic heterocycles. The molecule has 2 aromatic heterocycles. The van der Waals surface area contributed by atoms with Gasteiger partial charge >= 0.3 is 0 Å². The summed E-state index contributed by atoms with van der Waals surface area (Å²) in [5.41, 5.74) is 1.99. The van der Waals surface area contributed by atoms with Crippen molar-refractivity contribution < 1.29 is 13.9 Å². The first-order valence-corrected chi connectivity index (χ1v) is 4.93. The molecule has 0 aromatic carbocycles. The Labute approximate surface area is 88.3 Å². The van der Waals surface area contributed by atoms with Gasteiger partial charge in [0.05, 0.1) is 12.5 Å². The van der Waals surface area contributed by atoms with Gasteiger partial charge < -0.3 is 13.9 Å². The molecule has 0 aliphatic carbocycles. The van der Waals surface area contributed by atoms with E-state index in [0.717, 1.165) is 16.9 Å². The molecule has 80 valence electrons. The van der Waals surface area contributed by atoms with Gasteiger partial charge in [0.25, 0.3) is 0 Å². The summed E-state index contributed by atoms with van der Waals surface area (Å²) in [6.07, 6.45) is 3.15. The Kier molecular flexibility index (Phi) is 2.64. The first-order valence-electron chi connectivity index (χ1n) is 4.93. The van der Waals surface area contributed by atoms with Crippen LogP contribution in [0.1, 0.15) is 28.8 Å². The zero-order chi connectivity index (χ0) is 10.8.